The van der Waals surface area contributed by atoms with Gasteiger partial charge in [-0.25, -0.2) is 8.42 Å². The highest BCUT2D eigenvalue weighted by atomic mass is 32.2. The average molecular weight is 491 g/mol. The number of hydrogen-bond acceptors (Lipinski definition) is 5. The van der Waals surface area contributed by atoms with Gasteiger partial charge < -0.3 is 10.1 Å². The fourth-order valence-corrected chi connectivity index (χ4v) is 5.25. The van der Waals surface area contributed by atoms with Gasteiger partial charge in [0, 0.05) is 18.7 Å². The maximum Gasteiger partial charge on any atom is 0.269 e. The number of rotatable bonds is 6. The van der Waals surface area contributed by atoms with Crippen molar-refractivity contribution in [3.63, 3.8) is 0 Å². The number of amides is 1. The molecule has 1 amide bonds. The molecule has 1 aliphatic carbocycles. The van der Waals surface area contributed by atoms with Crippen LogP contribution in [0.4, 0.5) is 5.69 Å². The molecule has 1 saturated carbocycles. The van der Waals surface area contributed by atoms with Crippen molar-refractivity contribution in [1.82, 2.24) is 16.2 Å². The number of nitrogens with zero attached hydrogens (tertiary/aromatic N) is 1. The maximum atomic E-state index is 13.1. The topological polar surface area (TPSA) is 99.8 Å². The third-order valence-electron chi connectivity index (χ3n) is 5.91. The van der Waals surface area contributed by atoms with Gasteiger partial charge in [0.2, 0.25) is 0 Å². The Morgan fingerprint density at radius 3 is 2.45 bits per heavy atom. The lowest BCUT2D eigenvalue weighted by atomic mass is 9.86. The van der Waals surface area contributed by atoms with E-state index in [-0.39, 0.29) is 16.5 Å². The van der Waals surface area contributed by atoms with Crippen LogP contribution in [0.5, 0.6) is 5.75 Å². The lowest BCUT2D eigenvalue weighted by molar-refractivity contribution is 0.0943. The van der Waals surface area contributed by atoms with Crippen LogP contribution in [0.25, 0.3) is 0 Å². The summed E-state index contributed by atoms with van der Waals surface area (Å²) in [4.78, 5) is 12.6. The molecule has 3 N–H and O–H groups in total. The van der Waals surface area contributed by atoms with Crippen molar-refractivity contribution in [2.75, 3.05) is 18.5 Å². The SMILES string of the molecule is COc1ccc(N(C)S(=O)(=O)c2cccc(C(=O)NNC(=S)NC3CCCCC3C)c2)cc1. The van der Waals surface area contributed by atoms with Crippen LogP contribution in [0, 0.1) is 5.92 Å². The first-order chi connectivity index (χ1) is 15.7. The van der Waals surface area contributed by atoms with Gasteiger partial charge in [-0.05, 0) is 73.4 Å². The number of anilines is 1. The highest BCUT2D eigenvalue weighted by Gasteiger charge is 2.24. The molecule has 0 bridgehead atoms. The van der Waals surface area contributed by atoms with Gasteiger partial charge in [-0.3, -0.25) is 20.0 Å². The van der Waals surface area contributed by atoms with E-state index in [1.54, 1.807) is 37.4 Å². The molecule has 0 aromatic heterocycles. The van der Waals surface area contributed by atoms with Gasteiger partial charge in [0.05, 0.1) is 17.7 Å². The molecule has 1 aliphatic rings. The van der Waals surface area contributed by atoms with Gasteiger partial charge in [-0.2, -0.15) is 0 Å². The summed E-state index contributed by atoms with van der Waals surface area (Å²) in [6.07, 6.45) is 4.57. The molecule has 0 saturated heterocycles. The number of benzene rings is 2. The van der Waals surface area contributed by atoms with E-state index < -0.39 is 15.9 Å². The standard InChI is InChI=1S/C23H30N4O4S2/c1-16-7-4-5-10-21(16)24-23(32)26-25-22(28)17-8-6-9-20(15-17)33(29,30)27(2)18-11-13-19(31-3)14-12-18/h6,8-9,11-16,21H,4-5,7,10H2,1-3H3,(H,25,28)(H2,24,26,32). The van der Waals surface area contributed by atoms with Crippen molar-refractivity contribution in [2.45, 2.75) is 43.5 Å². The Kier molecular flexibility index (Phi) is 8.15. The van der Waals surface area contributed by atoms with E-state index in [0.717, 1.165) is 23.6 Å². The first kappa shape index (κ1) is 24.8. The Morgan fingerprint density at radius 1 is 1.09 bits per heavy atom. The molecule has 0 heterocycles. The molecule has 3 rings (SSSR count). The zero-order valence-corrected chi connectivity index (χ0v) is 20.6. The van der Waals surface area contributed by atoms with Crippen LogP contribution >= 0.6 is 12.2 Å². The Balaban J connectivity index is 1.65. The third-order valence-corrected chi connectivity index (χ3v) is 7.91. The molecule has 0 radical (unpaired) electrons. The van der Waals surface area contributed by atoms with E-state index in [1.165, 1.54) is 31.7 Å². The predicted molar refractivity (Wildman–Crippen MR) is 133 cm³/mol. The van der Waals surface area contributed by atoms with Crippen molar-refractivity contribution in [3.8, 4) is 5.75 Å². The van der Waals surface area contributed by atoms with Crippen molar-refractivity contribution in [1.29, 1.82) is 0 Å². The molecule has 2 unspecified atom stereocenters. The molecule has 1 fully saturated rings. The zero-order chi connectivity index (χ0) is 24.0. The summed E-state index contributed by atoms with van der Waals surface area (Å²) in [5.41, 5.74) is 5.92. The monoisotopic (exact) mass is 490 g/mol. The van der Waals surface area contributed by atoms with Crippen molar-refractivity contribution >= 4 is 38.9 Å². The number of nitrogens with one attached hydrogen (secondary N) is 3. The Labute approximate surface area is 200 Å². The first-order valence-electron chi connectivity index (χ1n) is 10.8. The molecular weight excluding hydrogens is 460 g/mol. The van der Waals surface area contributed by atoms with E-state index in [4.69, 9.17) is 17.0 Å². The van der Waals surface area contributed by atoms with Gasteiger partial charge in [-0.1, -0.05) is 25.8 Å². The van der Waals surface area contributed by atoms with E-state index >= 15 is 0 Å². The Hall–Kier alpha value is -2.85. The number of carbonyl (C=O) groups excluding carboxylic acids is 1. The number of sulfonamides is 1. The summed E-state index contributed by atoms with van der Waals surface area (Å²) >= 11 is 5.30. The number of hydrazine groups is 1. The van der Waals surface area contributed by atoms with E-state index in [0.29, 0.717) is 22.5 Å². The van der Waals surface area contributed by atoms with Gasteiger partial charge in [0.15, 0.2) is 5.11 Å². The van der Waals surface area contributed by atoms with Crippen molar-refractivity contribution < 1.29 is 17.9 Å². The van der Waals surface area contributed by atoms with Crippen LogP contribution in [-0.2, 0) is 10.0 Å². The van der Waals surface area contributed by atoms with E-state index in [1.807, 2.05) is 0 Å². The van der Waals surface area contributed by atoms with Crippen molar-refractivity contribution in [2.24, 2.45) is 5.92 Å². The van der Waals surface area contributed by atoms with Gasteiger partial charge in [0.1, 0.15) is 5.75 Å². The number of thiocarbonyl (C=S) groups is 1. The van der Waals surface area contributed by atoms with Crippen LogP contribution in [0.15, 0.2) is 53.4 Å². The summed E-state index contributed by atoms with van der Waals surface area (Å²) in [6, 6.07) is 12.8. The van der Waals surface area contributed by atoms with Gasteiger partial charge in [-0.15, -0.1) is 0 Å². The summed E-state index contributed by atoms with van der Waals surface area (Å²) in [6.45, 7) is 2.19. The molecule has 2 aromatic carbocycles. The molecule has 33 heavy (non-hydrogen) atoms. The molecule has 10 heteroatoms. The molecule has 2 atom stereocenters. The average Bonchev–Trinajstić information content (AvgIpc) is 2.83. The summed E-state index contributed by atoms with van der Waals surface area (Å²) in [5, 5.41) is 3.58. The van der Waals surface area contributed by atoms with Crippen LogP contribution < -0.4 is 25.2 Å². The minimum absolute atomic E-state index is 0.00481. The minimum atomic E-state index is -3.87. The second kappa shape index (κ2) is 10.8. The summed E-state index contributed by atoms with van der Waals surface area (Å²) in [7, 11) is -0.868. The fourth-order valence-electron chi connectivity index (χ4n) is 3.81. The molecular formula is C23H30N4O4S2. The quantitative estimate of drug-likeness (QED) is 0.422. The Morgan fingerprint density at radius 2 is 1.79 bits per heavy atom. The van der Waals surface area contributed by atoms with Crippen LogP contribution in [0.2, 0.25) is 0 Å². The number of hydrogen-bond donors (Lipinski definition) is 3. The lowest BCUT2D eigenvalue weighted by Crippen LogP contribution is -2.51. The maximum absolute atomic E-state index is 13.1. The van der Waals surface area contributed by atoms with Gasteiger partial charge >= 0.3 is 0 Å². The van der Waals surface area contributed by atoms with Crippen LogP contribution in [0.1, 0.15) is 43.0 Å². The van der Waals surface area contributed by atoms with E-state index in [9.17, 15) is 13.2 Å². The summed E-state index contributed by atoms with van der Waals surface area (Å²) < 4.78 is 32.5. The molecule has 0 aliphatic heterocycles. The third kappa shape index (κ3) is 6.14. The molecule has 2 aromatic rings. The van der Waals surface area contributed by atoms with Crippen molar-refractivity contribution in [3.05, 3.63) is 54.1 Å². The van der Waals surface area contributed by atoms with Crippen LogP contribution in [-0.4, -0.2) is 39.6 Å². The molecule has 0 spiro atoms. The zero-order valence-electron chi connectivity index (χ0n) is 19.0. The highest BCUT2D eigenvalue weighted by molar-refractivity contribution is 7.92. The van der Waals surface area contributed by atoms with Crippen LogP contribution in [0.3, 0.4) is 0 Å². The number of carbonyl (C=O) groups is 1. The molecule has 8 nitrogen and oxygen atoms in total. The minimum Gasteiger partial charge on any atom is -0.497 e. The fraction of sp³-hybridized carbons (Fsp3) is 0.391. The number of ether oxygens (including phenoxy) is 1. The highest BCUT2D eigenvalue weighted by Crippen LogP contribution is 2.25. The Bertz CT molecular complexity index is 1090. The van der Waals surface area contributed by atoms with Gasteiger partial charge in [0.25, 0.3) is 15.9 Å². The number of methoxy groups -OCH3 is 1. The smallest absolute Gasteiger partial charge is 0.269 e. The second-order valence-electron chi connectivity index (χ2n) is 8.12. The lowest BCUT2D eigenvalue weighted by Gasteiger charge is -2.30. The predicted octanol–water partition coefficient (Wildman–Crippen LogP) is 3.21. The largest absolute Gasteiger partial charge is 0.497 e. The second-order valence-corrected chi connectivity index (χ2v) is 10.5. The molecule has 178 valence electrons. The van der Waals surface area contributed by atoms with E-state index in [2.05, 4.69) is 23.1 Å². The first-order valence-corrected chi connectivity index (χ1v) is 12.7. The normalized spacial score (nSPS) is 18.2. The summed E-state index contributed by atoms with van der Waals surface area (Å²) in [5.74, 6) is 0.653.